The quantitative estimate of drug-likeness (QED) is 0.786. The number of benzene rings is 1. The van der Waals surface area contributed by atoms with E-state index < -0.39 is 0 Å². The number of hydrogen-bond donors (Lipinski definition) is 0. The number of rotatable bonds is 3. The molecule has 1 aromatic carbocycles. The van der Waals surface area contributed by atoms with E-state index >= 15 is 0 Å². The lowest BCUT2D eigenvalue weighted by Gasteiger charge is -2.30. The van der Waals surface area contributed by atoms with Gasteiger partial charge in [0.2, 0.25) is 0 Å². The SMILES string of the molecule is CC(=O)O[C@@H]1CCCC[C@H]1OC(=O)c1ccccc1. The third-order valence-corrected chi connectivity index (χ3v) is 3.23. The highest BCUT2D eigenvalue weighted by Crippen LogP contribution is 2.25. The zero-order valence-electron chi connectivity index (χ0n) is 11.0. The van der Waals surface area contributed by atoms with Gasteiger partial charge in [-0.05, 0) is 37.8 Å². The molecular formula is C15H18O4. The second-order valence-electron chi connectivity index (χ2n) is 4.74. The van der Waals surface area contributed by atoms with Crippen LogP contribution in [0.3, 0.4) is 0 Å². The molecule has 0 saturated heterocycles. The Bertz CT molecular complexity index is 441. The molecule has 4 nitrogen and oxygen atoms in total. The summed E-state index contributed by atoms with van der Waals surface area (Å²) in [5.41, 5.74) is 0.523. The Balaban J connectivity index is 1.99. The number of carbonyl (C=O) groups excluding carboxylic acids is 2. The van der Waals surface area contributed by atoms with E-state index in [1.165, 1.54) is 6.92 Å². The van der Waals surface area contributed by atoms with E-state index in [2.05, 4.69) is 0 Å². The number of esters is 2. The molecule has 1 aromatic rings. The molecule has 0 heterocycles. The van der Waals surface area contributed by atoms with Crippen molar-refractivity contribution in [3.63, 3.8) is 0 Å². The minimum atomic E-state index is -0.357. The molecule has 0 radical (unpaired) electrons. The van der Waals surface area contributed by atoms with Crippen LogP contribution in [-0.4, -0.2) is 24.1 Å². The fourth-order valence-electron chi connectivity index (χ4n) is 2.33. The fraction of sp³-hybridized carbons (Fsp3) is 0.467. The molecule has 4 heteroatoms. The van der Waals surface area contributed by atoms with E-state index in [1.807, 2.05) is 6.07 Å². The van der Waals surface area contributed by atoms with Crippen LogP contribution in [0, 0.1) is 0 Å². The van der Waals surface area contributed by atoms with Gasteiger partial charge in [-0.15, -0.1) is 0 Å². The van der Waals surface area contributed by atoms with E-state index in [0.717, 1.165) is 25.7 Å². The van der Waals surface area contributed by atoms with E-state index in [-0.39, 0.29) is 24.1 Å². The molecule has 0 N–H and O–H groups in total. The lowest BCUT2D eigenvalue weighted by atomic mass is 9.94. The highest BCUT2D eigenvalue weighted by atomic mass is 16.6. The maximum atomic E-state index is 12.0. The van der Waals surface area contributed by atoms with Gasteiger partial charge in [0.25, 0.3) is 0 Å². The minimum absolute atomic E-state index is 0.307. The van der Waals surface area contributed by atoms with E-state index in [0.29, 0.717) is 5.56 Å². The van der Waals surface area contributed by atoms with Crippen LogP contribution in [0.2, 0.25) is 0 Å². The van der Waals surface area contributed by atoms with E-state index in [9.17, 15) is 9.59 Å². The summed E-state index contributed by atoms with van der Waals surface area (Å²) in [7, 11) is 0. The first kappa shape index (κ1) is 13.6. The van der Waals surface area contributed by atoms with Crippen molar-refractivity contribution in [1.82, 2.24) is 0 Å². The summed E-state index contributed by atoms with van der Waals surface area (Å²) >= 11 is 0. The summed E-state index contributed by atoms with van der Waals surface area (Å²) in [5.74, 6) is -0.683. The van der Waals surface area contributed by atoms with Crippen molar-refractivity contribution in [2.45, 2.75) is 44.8 Å². The largest absolute Gasteiger partial charge is 0.459 e. The molecule has 1 aliphatic carbocycles. The lowest BCUT2D eigenvalue weighted by Crippen LogP contribution is -2.37. The van der Waals surface area contributed by atoms with Crippen molar-refractivity contribution in [3.8, 4) is 0 Å². The van der Waals surface area contributed by atoms with Crippen LogP contribution in [0.25, 0.3) is 0 Å². The van der Waals surface area contributed by atoms with Crippen LogP contribution in [0.15, 0.2) is 30.3 Å². The smallest absolute Gasteiger partial charge is 0.338 e. The zero-order chi connectivity index (χ0) is 13.7. The third kappa shape index (κ3) is 3.81. The Kier molecular flexibility index (Phi) is 4.55. The molecule has 0 spiro atoms. The summed E-state index contributed by atoms with van der Waals surface area (Å²) in [6.45, 7) is 1.38. The monoisotopic (exact) mass is 262 g/mol. The van der Waals surface area contributed by atoms with Gasteiger partial charge in [-0.3, -0.25) is 4.79 Å². The first-order valence-corrected chi connectivity index (χ1v) is 6.60. The van der Waals surface area contributed by atoms with Gasteiger partial charge in [-0.25, -0.2) is 4.79 Å². The number of hydrogen-bond acceptors (Lipinski definition) is 4. The van der Waals surface area contributed by atoms with Gasteiger partial charge in [-0.1, -0.05) is 18.2 Å². The van der Waals surface area contributed by atoms with Crippen LogP contribution in [0.5, 0.6) is 0 Å². The molecule has 0 bridgehead atoms. The maximum Gasteiger partial charge on any atom is 0.338 e. The molecular weight excluding hydrogens is 244 g/mol. The summed E-state index contributed by atoms with van der Waals surface area (Å²) in [4.78, 5) is 23.0. The van der Waals surface area contributed by atoms with Crippen molar-refractivity contribution in [3.05, 3.63) is 35.9 Å². The van der Waals surface area contributed by atoms with Crippen LogP contribution < -0.4 is 0 Å². The number of carbonyl (C=O) groups is 2. The Morgan fingerprint density at radius 3 is 2.16 bits per heavy atom. The molecule has 19 heavy (non-hydrogen) atoms. The molecule has 2 atom stereocenters. The highest BCUT2D eigenvalue weighted by Gasteiger charge is 2.30. The van der Waals surface area contributed by atoms with Crippen molar-refractivity contribution in [1.29, 1.82) is 0 Å². The molecule has 1 aliphatic rings. The van der Waals surface area contributed by atoms with E-state index in [1.54, 1.807) is 24.3 Å². The Labute approximate surface area is 112 Å². The van der Waals surface area contributed by atoms with Crippen LogP contribution in [-0.2, 0) is 14.3 Å². The summed E-state index contributed by atoms with van der Waals surface area (Å²) < 4.78 is 10.7. The lowest BCUT2D eigenvalue weighted by molar-refractivity contribution is -0.155. The van der Waals surface area contributed by atoms with Crippen molar-refractivity contribution < 1.29 is 19.1 Å². The first-order chi connectivity index (χ1) is 9.16. The van der Waals surface area contributed by atoms with Crippen LogP contribution >= 0.6 is 0 Å². The Morgan fingerprint density at radius 1 is 1.00 bits per heavy atom. The average molecular weight is 262 g/mol. The molecule has 102 valence electrons. The van der Waals surface area contributed by atoms with Gasteiger partial charge in [0.1, 0.15) is 12.2 Å². The minimum Gasteiger partial charge on any atom is -0.459 e. The topological polar surface area (TPSA) is 52.6 Å². The van der Waals surface area contributed by atoms with Gasteiger partial charge in [0.05, 0.1) is 5.56 Å². The number of ether oxygens (including phenoxy) is 2. The van der Waals surface area contributed by atoms with Crippen molar-refractivity contribution in [2.75, 3.05) is 0 Å². The summed E-state index contributed by atoms with van der Waals surface area (Å²) in [6, 6.07) is 8.86. The summed E-state index contributed by atoms with van der Waals surface area (Å²) in [6.07, 6.45) is 2.86. The zero-order valence-corrected chi connectivity index (χ0v) is 11.0. The molecule has 0 amide bonds. The predicted octanol–water partition coefficient (Wildman–Crippen LogP) is 2.72. The molecule has 0 unspecified atom stereocenters. The average Bonchev–Trinajstić information content (AvgIpc) is 2.41. The van der Waals surface area contributed by atoms with Gasteiger partial charge in [0, 0.05) is 6.92 Å². The van der Waals surface area contributed by atoms with Crippen molar-refractivity contribution in [2.24, 2.45) is 0 Å². The standard InChI is InChI=1S/C15H18O4/c1-11(16)18-13-9-5-6-10-14(13)19-15(17)12-7-3-2-4-8-12/h2-4,7-8,13-14H,5-6,9-10H2,1H3/t13-,14-/m1/s1. The molecule has 0 aromatic heterocycles. The third-order valence-electron chi connectivity index (χ3n) is 3.23. The molecule has 1 fully saturated rings. The Morgan fingerprint density at radius 2 is 1.58 bits per heavy atom. The summed E-state index contributed by atoms with van der Waals surface area (Å²) in [5, 5.41) is 0. The fourth-order valence-corrected chi connectivity index (χ4v) is 2.33. The molecule has 0 aliphatic heterocycles. The molecule has 2 rings (SSSR count). The van der Waals surface area contributed by atoms with Crippen molar-refractivity contribution >= 4 is 11.9 Å². The second kappa shape index (κ2) is 6.36. The van der Waals surface area contributed by atoms with Crippen LogP contribution in [0.4, 0.5) is 0 Å². The van der Waals surface area contributed by atoms with Gasteiger partial charge in [0.15, 0.2) is 0 Å². The molecule has 1 saturated carbocycles. The van der Waals surface area contributed by atoms with E-state index in [4.69, 9.17) is 9.47 Å². The van der Waals surface area contributed by atoms with Gasteiger partial charge >= 0.3 is 11.9 Å². The van der Waals surface area contributed by atoms with Gasteiger partial charge < -0.3 is 9.47 Å². The first-order valence-electron chi connectivity index (χ1n) is 6.60. The maximum absolute atomic E-state index is 12.0. The predicted molar refractivity (Wildman–Crippen MR) is 69.7 cm³/mol. The highest BCUT2D eigenvalue weighted by molar-refractivity contribution is 5.89. The Hall–Kier alpha value is -1.84. The normalized spacial score (nSPS) is 22.6. The van der Waals surface area contributed by atoms with Gasteiger partial charge in [-0.2, -0.15) is 0 Å². The second-order valence-corrected chi connectivity index (χ2v) is 4.74. The van der Waals surface area contributed by atoms with Crippen LogP contribution in [0.1, 0.15) is 43.0 Å².